The minimum absolute atomic E-state index is 0.0169. The maximum atomic E-state index is 13.7. The number of halogens is 5. The van der Waals surface area contributed by atoms with Crippen molar-refractivity contribution in [2.24, 2.45) is 4.99 Å². The van der Waals surface area contributed by atoms with Crippen LogP contribution in [0, 0.1) is 12.7 Å². The molecular formula is C22H14ClF4N3O2. The third-order valence-corrected chi connectivity index (χ3v) is 5.39. The Morgan fingerprint density at radius 3 is 2.59 bits per heavy atom. The molecule has 2 aromatic carbocycles. The smallest absolute Gasteiger partial charge is 0.330 e. The Hall–Kier alpha value is -3.46. The average Bonchev–Trinajstić information content (AvgIpc) is 3.14. The SMILES string of the molecule is Cc1ccccc1N1CC(=O)C(Cl)=C2C=NC(NC(=O)c3cc(F)cc(C(F)(F)F)c3)=C21. The van der Waals surface area contributed by atoms with Crippen LogP contribution >= 0.6 is 11.6 Å². The molecule has 0 aliphatic carbocycles. The predicted octanol–water partition coefficient (Wildman–Crippen LogP) is 4.72. The number of rotatable bonds is 3. The summed E-state index contributed by atoms with van der Waals surface area (Å²) in [6, 6.07) is 8.74. The molecule has 0 unspecified atom stereocenters. The Bertz CT molecular complexity index is 1250. The molecule has 5 nitrogen and oxygen atoms in total. The van der Waals surface area contributed by atoms with Crippen LogP contribution in [0.3, 0.4) is 0 Å². The number of hydrogen-bond donors (Lipinski definition) is 1. The van der Waals surface area contributed by atoms with Gasteiger partial charge in [-0.15, -0.1) is 0 Å². The van der Waals surface area contributed by atoms with Gasteiger partial charge in [-0.1, -0.05) is 29.8 Å². The number of aryl methyl sites for hydroxylation is 1. The molecule has 2 aliphatic heterocycles. The fourth-order valence-electron chi connectivity index (χ4n) is 3.48. The number of nitrogens with one attached hydrogen (secondary N) is 1. The highest BCUT2D eigenvalue weighted by atomic mass is 35.5. The van der Waals surface area contributed by atoms with Crippen molar-refractivity contribution in [3.05, 3.63) is 87.1 Å². The number of carbonyl (C=O) groups is 2. The van der Waals surface area contributed by atoms with Crippen LogP contribution in [0.1, 0.15) is 21.5 Å². The zero-order chi connectivity index (χ0) is 23.2. The number of alkyl halides is 3. The maximum Gasteiger partial charge on any atom is 0.416 e. The number of ketones is 1. The molecular weight excluding hydrogens is 450 g/mol. The largest absolute Gasteiger partial charge is 0.416 e. The quantitative estimate of drug-likeness (QED) is 0.670. The Balaban J connectivity index is 1.76. The van der Waals surface area contributed by atoms with Gasteiger partial charge in [-0.3, -0.25) is 9.59 Å². The van der Waals surface area contributed by atoms with E-state index in [9.17, 15) is 27.2 Å². The van der Waals surface area contributed by atoms with E-state index in [0.29, 0.717) is 29.6 Å². The van der Waals surface area contributed by atoms with E-state index >= 15 is 0 Å². The highest BCUT2D eigenvalue weighted by molar-refractivity contribution is 6.45. The van der Waals surface area contributed by atoms with E-state index in [2.05, 4.69) is 10.3 Å². The summed E-state index contributed by atoms with van der Waals surface area (Å²) < 4.78 is 52.7. The molecule has 0 atom stereocenters. The summed E-state index contributed by atoms with van der Waals surface area (Å²) in [4.78, 5) is 30.8. The van der Waals surface area contributed by atoms with Crippen LogP contribution < -0.4 is 10.2 Å². The van der Waals surface area contributed by atoms with Gasteiger partial charge in [0.25, 0.3) is 5.91 Å². The van der Waals surface area contributed by atoms with Crippen LogP contribution in [0.4, 0.5) is 23.2 Å². The van der Waals surface area contributed by atoms with Gasteiger partial charge in [0.2, 0.25) is 0 Å². The first-order valence-corrected chi connectivity index (χ1v) is 9.68. The van der Waals surface area contributed by atoms with Gasteiger partial charge in [-0.25, -0.2) is 9.38 Å². The van der Waals surface area contributed by atoms with Crippen LogP contribution in [-0.4, -0.2) is 24.4 Å². The number of aliphatic imine (C=N–C) groups is 1. The first kappa shape index (κ1) is 21.8. The minimum atomic E-state index is -4.82. The summed E-state index contributed by atoms with van der Waals surface area (Å²) in [5.41, 5.74) is 0.283. The van der Waals surface area contributed by atoms with Crippen molar-refractivity contribution in [1.29, 1.82) is 0 Å². The van der Waals surface area contributed by atoms with Crippen molar-refractivity contribution in [3.63, 3.8) is 0 Å². The van der Waals surface area contributed by atoms with Gasteiger partial charge >= 0.3 is 6.18 Å². The number of para-hydroxylation sites is 1. The lowest BCUT2D eigenvalue weighted by molar-refractivity contribution is -0.137. The molecule has 0 spiro atoms. The molecule has 1 N–H and O–H groups in total. The van der Waals surface area contributed by atoms with E-state index in [-0.39, 0.29) is 28.8 Å². The summed E-state index contributed by atoms with van der Waals surface area (Å²) in [6.07, 6.45) is -3.53. The van der Waals surface area contributed by atoms with Crippen LogP contribution in [0.15, 0.2) is 69.6 Å². The second-order valence-corrected chi connectivity index (χ2v) is 7.54. The lowest BCUT2D eigenvalue weighted by Crippen LogP contribution is -2.37. The van der Waals surface area contributed by atoms with E-state index in [0.717, 1.165) is 5.56 Å². The number of nitrogens with zero attached hydrogens (tertiary/aromatic N) is 2. The van der Waals surface area contributed by atoms with Crippen LogP contribution in [0.2, 0.25) is 0 Å². The first-order valence-electron chi connectivity index (χ1n) is 9.30. The Kier molecular flexibility index (Phi) is 5.37. The predicted molar refractivity (Wildman–Crippen MR) is 111 cm³/mol. The number of hydrogen-bond acceptors (Lipinski definition) is 4. The van der Waals surface area contributed by atoms with Crippen LogP contribution in [0.5, 0.6) is 0 Å². The van der Waals surface area contributed by atoms with E-state index in [1.54, 1.807) is 17.0 Å². The second-order valence-electron chi connectivity index (χ2n) is 7.16. The molecule has 0 radical (unpaired) electrons. The van der Waals surface area contributed by atoms with Gasteiger partial charge in [0.05, 0.1) is 22.8 Å². The highest BCUT2D eigenvalue weighted by Gasteiger charge is 2.36. The lowest BCUT2D eigenvalue weighted by atomic mass is 10.0. The number of benzene rings is 2. The van der Waals surface area contributed by atoms with Gasteiger partial charge in [0, 0.05) is 23.0 Å². The number of allylic oxidation sites excluding steroid dienone is 1. The van der Waals surface area contributed by atoms with Crippen molar-refractivity contribution < 1.29 is 27.2 Å². The zero-order valence-electron chi connectivity index (χ0n) is 16.4. The van der Waals surface area contributed by atoms with Crippen LogP contribution in [0.25, 0.3) is 0 Å². The number of Topliss-reactive ketones (excluding diaryl/α,β-unsaturated/α-hetero) is 1. The number of anilines is 1. The van der Waals surface area contributed by atoms with Crippen molar-refractivity contribution in [1.82, 2.24) is 5.32 Å². The fourth-order valence-corrected chi connectivity index (χ4v) is 3.68. The molecule has 4 rings (SSSR count). The van der Waals surface area contributed by atoms with Crippen LogP contribution in [-0.2, 0) is 11.0 Å². The lowest BCUT2D eigenvalue weighted by Gasteiger charge is -2.31. The van der Waals surface area contributed by atoms with E-state index in [1.807, 2.05) is 19.1 Å². The van der Waals surface area contributed by atoms with E-state index in [4.69, 9.17) is 11.6 Å². The molecule has 0 saturated heterocycles. The van der Waals surface area contributed by atoms with E-state index in [1.165, 1.54) is 6.21 Å². The Morgan fingerprint density at radius 1 is 1.19 bits per heavy atom. The van der Waals surface area contributed by atoms with Gasteiger partial charge in [-0.2, -0.15) is 13.2 Å². The van der Waals surface area contributed by atoms with E-state index < -0.39 is 29.0 Å². The molecule has 0 fully saturated rings. The third kappa shape index (κ3) is 3.91. The molecule has 1 amide bonds. The first-order chi connectivity index (χ1) is 15.1. The van der Waals surface area contributed by atoms with Gasteiger partial charge in [0.1, 0.15) is 5.82 Å². The maximum absolute atomic E-state index is 13.7. The molecule has 2 heterocycles. The van der Waals surface area contributed by atoms with Crippen molar-refractivity contribution in [2.45, 2.75) is 13.1 Å². The average molecular weight is 464 g/mol. The number of fused-ring (bicyclic) bond motifs is 1. The van der Waals surface area contributed by atoms with Crippen molar-refractivity contribution in [2.75, 3.05) is 11.4 Å². The molecule has 32 heavy (non-hydrogen) atoms. The summed E-state index contributed by atoms with van der Waals surface area (Å²) in [5.74, 6) is -2.57. The highest BCUT2D eigenvalue weighted by Crippen LogP contribution is 2.37. The van der Waals surface area contributed by atoms with Gasteiger partial charge < -0.3 is 10.2 Å². The molecule has 164 valence electrons. The summed E-state index contributed by atoms with van der Waals surface area (Å²) in [5, 5.41) is 2.35. The Morgan fingerprint density at radius 2 is 1.91 bits per heavy atom. The topological polar surface area (TPSA) is 61.8 Å². The van der Waals surface area contributed by atoms with Crippen molar-refractivity contribution >= 4 is 35.2 Å². The molecule has 10 heteroatoms. The second kappa shape index (κ2) is 7.90. The van der Waals surface area contributed by atoms with Gasteiger partial charge in [0.15, 0.2) is 11.6 Å². The molecule has 2 aromatic rings. The third-order valence-electron chi connectivity index (χ3n) is 4.98. The standard InChI is InChI=1S/C22H14ClF4N3O2/c1-11-4-2-3-5-16(11)30-10-17(31)18(23)15-9-28-20(19(15)30)29-21(32)12-6-13(22(25,26)27)8-14(24)7-12/h2-9H,10H2,1H3,(H,29,32). The summed E-state index contributed by atoms with van der Waals surface area (Å²) >= 11 is 6.16. The summed E-state index contributed by atoms with van der Waals surface area (Å²) in [7, 11) is 0. The molecule has 0 saturated carbocycles. The fraction of sp³-hybridized carbons (Fsp3) is 0.136. The minimum Gasteiger partial charge on any atom is -0.330 e. The normalized spacial score (nSPS) is 16.1. The zero-order valence-corrected chi connectivity index (χ0v) is 17.2. The molecule has 0 aromatic heterocycles. The summed E-state index contributed by atoms with van der Waals surface area (Å²) in [6.45, 7) is 1.71. The monoisotopic (exact) mass is 463 g/mol. The number of carbonyl (C=O) groups excluding carboxylic acids is 2. The molecule has 2 aliphatic rings. The van der Waals surface area contributed by atoms with Crippen molar-refractivity contribution in [3.8, 4) is 0 Å². The molecule has 0 bridgehead atoms. The Labute approximate surface area is 184 Å². The van der Waals surface area contributed by atoms with Gasteiger partial charge in [-0.05, 0) is 36.8 Å². The number of amides is 1.